The number of Topliss-reactive ketones (excluding diaryl/α,β-unsaturated/α-hetero) is 1. The highest BCUT2D eigenvalue weighted by molar-refractivity contribution is 9.10. The maximum Gasteiger partial charge on any atom is 0.193 e. The van der Waals surface area contributed by atoms with E-state index in [9.17, 15) is 9.90 Å². The highest BCUT2D eigenvalue weighted by atomic mass is 79.9. The lowest BCUT2D eigenvalue weighted by molar-refractivity contribution is 0.0944. The third-order valence-electron chi connectivity index (χ3n) is 4.44. The Bertz CT molecular complexity index is 939. The Kier molecular flexibility index (Phi) is 3.54. The number of ketones is 1. The minimum atomic E-state index is -0.452. The number of aliphatic imine (C=N–C) groups is 1. The minimum Gasteiger partial charge on any atom is -0.508 e. The first-order valence-electron chi connectivity index (χ1n) is 7.48. The molecular formula is C18H13BrN2O2S. The fourth-order valence-electron chi connectivity index (χ4n) is 3.37. The average Bonchev–Trinajstić information content (AvgIpc) is 2.81. The van der Waals surface area contributed by atoms with Crippen molar-refractivity contribution in [2.24, 2.45) is 10.9 Å². The van der Waals surface area contributed by atoms with Gasteiger partial charge in [0.1, 0.15) is 5.75 Å². The average molecular weight is 401 g/mol. The molecule has 6 heteroatoms. The summed E-state index contributed by atoms with van der Waals surface area (Å²) >= 11 is 8.79. The van der Waals surface area contributed by atoms with Crippen LogP contribution in [0.25, 0.3) is 0 Å². The number of carbonyl (C=O) groups is 1. The summed E-state index contributed by atoms with van der Waals surface area (Å²) in [4.78, 5) is 17.5. The predicted molar refractivity (Wildman–Crippen MR) is 99.8 cm³/mol. The fourth-order valence-corrected chi connectivity index (χ4v) is 4.09. The van der Waals surface area contributed by atoms with Crippen molar-refractivity contribution in [1.29, 1.82) is 0 Å². The summed E-state index contributed by atoms with van der Waals surface area (Å²) in [6, 6.07) is 10.4. The van der Waals surface area contributed by atoms with Gasteiger partial charge in [-0.3, -0.25) is 4.79 Å². The summed E-state index contributed by atoms with van der Waals surface area (Å²) in [6.07, 6.45) is 0. The van der Waals surface area contributed by atoms with E-state index in [1.807, 2.05) is 25.1 Å². The van der Waals surface area contributed by atoms with Crippen LogP contribution in [0.5, 0.6) is 5.75 Å². The second-order valence-corrected chi connectivity index (χ2v) is 7.26. The third kappa shape index (κ3) is 2.29. The van der Waals surface area contributed by atoms with E-state index in [0.29, 0.717) is 16.4 Å². The maximum absolute atomic E-state index is 13.0. The lowest BCUT2D eigenvalue weighted by Crippen LogP contribution is -2.41. The molecule has 1 aliphatic carbocycles. The number of phenolic OH excluding ortho intramolecular Hbond substituents is 1. The first-order chi connectivity index (χ1) is 11.5. The number of benzene rings is 2. The van der Waals surface area contributed by atoms with Gasteiger partial charge in [-0.1, -0.05) is 33.6 Å². The molecule has 0 saturated carbocycles. The first kappa shape index (κ1) is 15.5. The number of thiocarbonyl (C=S) groups is 1. The van der Waals surface area contributed by atoms with E-state index in [1.165, 1.54) is 0 Å². The molecule has 0 aromatic heterocycles. The zero-order valence-electron chi connectivity index (χ0n) is 12.7. The predicted octanol–water partition coefficient (Wildman–Crippen LogP) is 3.69. The Hall–Kier alpha value is -2.05. The van der Waals surface area contributed by atoms with Crippen LogP contribution < -0.4 is 5.32 Å². The van der Waals surface area contributed by atoms with Crippen LogP contribution in [0.1, 0.15) is 33.1 Å². The number of aryl methyl sites for hydroxylation is 1. The molecule has 2 unspecified atom stereocenters. The molecule has 4 nitrogen and oxygen atoms in total. The molecule has 120 valence electrons. The second-order valence-electron chi connectivity index (χ2n) is 6.02. The zero-order valence-corrected chi connectivity index (χ0v) is 15.1. The highest BCUT2D eigenvalue weighted by Gasteiger charge is 2.45. The molecule has 24 heavy (non-hydrogen) atoms. The molecule has 1 heterocycles. The maximum atomic E-state index is 13.0. The molecule has 2 aromatic rings. The Morgan fingerprint density at radius 1 is 1.21 bits per heavy atom. The Morgan fingerprint density at radius 2 is 2.00 bits per heavy atom. The SMILES string of the molecule is Cc1ccc2c(c1)C(=O)C1C2=NC(=S)NC1c1cc(O)ccc1Br. The van der Waals surface area contributed by atoms with Crippen LogP contribution >= 0.6 is 28.1 Å². The number of phenols is 1. The van der Waals surface area contributed by atoms with Crippen LogP contribution in [0, 0.1) is 12.8 Å². The number of rotatable bonds is 1. The smallest absolute Gasteiger partial charge is 0.193 e. The summed E-state index contributed by atoms with van der Waals surface area (Å²) in [5, 5.41) is 13.3. The van der Waals surface area contributed by atoms with Crippen LogP contribution in [-0.4, -0.2) is 21.7 Å². The van der Waals surface area contributed by atoms with Gasteiger partial charge in [0, 0.05) is 15.6 Å². The van der Waals surface area contributed by atoms with Gasteiger partial charge in [0.15, 0.2) is 10.9 Å². The molecular weight excluding hydrogens is 388 g/mol. The van der Waals surface area contributed by atoms with Crippen molar-refractivity contribution >= 4 is 44.8 Å². The van der Waals surface area contributed by atoms with Gasteiger partial charge in [-0.25, -0.2) is 4.99 Å². The van der Waals surface area contributed by atoms with Gasteiger partial charge in [0.05, 0.1) is 17.7 Å². The van der Waals surface area contributed by atoms with Crippen molar-refractivity contribution in [2.45, 2.75) is 13.0 Å². The normalized spacial score (nSPS) is 21.8. The van der Waals surface area contributed by atoms with Crippen LogP contribution in [-0.2, 0) is 0 Å². The van der Waals surface area contributed by atoms with Crippen LogP contribution in [0.2, 0.25) is 0 Å². The lowest BCUT2D eigenvalue weighted by Gasteiger charge is -2.29. The van der Waals surface area contributed by atoms with E-state index >= 15 is 0 Å². The van der Waals surface area contributed by atoms with Gasteiger partial charge in [-0.15, -0.1) is 0 Å². The second kappa shape index (κ2) is 5.50. The van der Waals surface area contributed by atoms with E-state index in [4.69, 9.17) is 12.2 Å². The van der Waals surface area contributed by atoms with Crippen molar-refractivity contribution < 1.29 is 9.90 Å². The number of fused-ring (bicyclic) bond motifs is 3. The van der Waals surface area contributed by atoms with Crippen molar-refractivity contribution in [3.05, 3.63) is 63.1 Å². The third-order valence-corrected chi connectivity index (χ3v) is 5.37. The molecule has 2 atom stereocenters. The number of carbonyl (C=O) groups excluding carboxylic acids is 1. The standard InChI is InChI=1S/C18H13BrN2O2S/c1-8-2-4-10-11(6-8)17(23)14-15(10)20-18(24)21-16(14)12-7-9(22)3-5-13(12)19/h2-7,14,16,22H,1H3,(H,21,24). The van der Waals surface area contributed by atoms with Gasteiger partial charge in [0.25, 0.3) is 0 Å². The Labute approximate surface area is 152 Å². The fraction of sp³-hybridized carbons (Fsp3) is 0.167. The molecule has 0 radical (unpaired) electrons. The number of halogens is 1. The number of nitrogens with one attached hydrogen (secondary N) is 1. The zero-order chi connectivity index (χ0) is 17.0. The highest BCUT2D eigenvalue weighted by Crippen LogP contribution is 2.41. The molecule has 2 N–H and O–H groups in total. The number of hydrogen-bond acceptors (Lipinski definition) is 3. The van der Waals surface area contributed by atoms with E-state index in [2.05, 4.69) is 26.2 Å². The minimum absolute atomic E-state index is 0.0303. The summed E-state index contributed by atoms with van der Waals surface area (Å²) in [7, 11) is 0. The number of hydrogen-bond donors (Lipinski definition) is 2. The molecule has 0 fully saturated rings. The van der Waals surface area contributed by atoms with Crippen LogP contribution in [0.15, 0.2) is 45.9 Å². The van der Waals surface area contributed by atoms with Gasteiger partial charge < -0.3 is 10.4 Å². The quantitative estimate of drug-likeness (QED) is 0.716. The van der Waals surface area contributed by atoms with Gasteiger partial charge in [0.2, 0.25) is 0 Å². The lowest BCUT2D eigenvalue weighted by atomic mass is 9.87. The number of nitrogens with zero attached hydrogens (tertiary/aromatic N) is 1. The summed E-state index contributed by atoms with van der Waals surface area (Å²) in [5.41, 5.74) is 4.06. The Balaban J connectivity index is 1.89. The van der Waals surface area contributed by atoms with E-state index in [0.717, 1.165) is 21.2 Å². The monoisotopic (exact) mass is 400 g/mol. The summed E-state index contributed by atoms with van der Waals surface area (Å²) in [5.74, 6) is -0.280. The number of aromatic hydroxyl groups is 1. The van der Waals surface area contributed by atoms with Crippen LogP contribution in [0.3, 0.4) is 0 Å². The summed E-state index contributed by atoms with van der Waals surface area (Å²) in [6.45, 7) is 1.96. The van der Waals surface area contributed by atoms with Crippen molar-refractivity contribution in [3.8, 4) is 5.75 Å². The van der Waals surface area contributed by atoms with Crippen molar-refractivity contribution in [2.75, 3.05) is 0 Å². The molecule has 0 bridgehead atoms. The van der Waals surface area contributed by atoms with E-state index < -0.39 is 5.92 Å². The van der Waals surface area contributed by atoms with Crippen LogP contribution in [0.4, 0.5) is 0 Å². The Morgan fingerprint density at radius 3 is 2.79 bits per heavy atom. The molecule has 0 spiro atoms. The van der Waals surface area contributed by atoms with Crippen molar-refractivity contribution in [1.82, 2.24) is 5.32 Å². The summed E-state index contributed by atoms with van der Waals surface area (Å²) < 4.78 is 0.807. The van der Waals surface area contributed by atoms with Crippen molar-refractivity contribution in [3.63, 3.8) is 0 Å². The molecule has 4 rings (SSSR count). The molecule has 0 saturated heterocycles. The van der Waals surface area contributed by atoms with Gasteiger partial charge in [-0.2, -0.15) is 0 Å². The topological polar surface area (TPSA) is 61.7 Å². The molecule has 2 aliphatic rings. The van der Waals surface area contributed by atoms with E-state index in [1.54, 1.807) is 18.2 Å². The van der Waals surface area contributed by atoms with Gasteiger partial charge >= 0.3 is 0 Å². The largest absolute Gasteiger partial charge is 0.508 e. The molecule has 0 amide bonds. The molecule has 1 aliphatic heterocycles. The van der Waals surface area contributed by atoms with E-state index in [-0.39, 0.29) is 17.6 Å². The van der Waals surface area contributed by atoms with Gasteiger partial charge in [-0.05, 0) is 49.0 Å². The first-order valence-corrected chi connectivity index (χ1v) is 8.68. The molecule has 2 aromatic carbocycles.